The maximum absolute atomic E-state index is 12.3. The molecule has 1 aromatic rings. The maximum Gasteiger partial charge on any atom is 0.407 e. The first-order valence-electron chi connectivity index (χ1n) is 4.99. The van der Waals surface area contributed by atoms with E-state index in [2.05, 4.69) is 0 Å². The summed E-state index contributed by atoms with van der Waals surface area (Å²) in [4.78, 5) is 0. The van der Waals surface area contributed by atoms with Gasteiger partial charge >= 0.3 is 6.18 Å². The maximum atomic E-state index is 12.3. The highest BCUT2D eigenvalue weighted by molar-refractivity contribution is 5.46. The highest BCUT2D eigenvalue weighted by Crippen LogP contribution is 2.35. The third-order valence-corrected chi connectivity index (χ3v) is 2.31. The van der Waals surface area contributed by atoms with Crippen molar-refractivity contribution in [3.05, 3.63) is 18.2 Å². The van der Waals surface area contributed by atoms with Gasteiger partial charge in [0, 0.05) is 6.07 Å². The molecular weight excluding hydrogens is 251 g/mol. The molecule has 0 amide bonds. The third-order valence-electron chi connectivity index (χ3n) is 2.31. The summed E-state index contributed by atoms with van der Waals surface area (Å²) < 4.78 is 51.9. The summed E-state index contributed by atoms with van der Waals surface area (Å²) in [5, 5.41) is 8.40. The van der Waals surface area contributed by atoms with Gasteiger partial charge in [-0.25, -0.2) is 0 Å². The van der Waals surface area contributed by atoms with Gasteiger partial charge in [0.15, 0.2) is 17.4 Å². The summed E-state index contributed by atoms with van der Waals surface area (Å²) >= 11 is 0. The van der Waals surface area contributed by atoms with Crippen molar-refractivity contribution in [1.82, 2.24) is 0 Å². The van der Waals surface area contributed by atoms with Crippen molar-refractivity contribution in [3.8, 4) is 23.3 Å². The van der Waals surface area contributed by atoms with Crippen LogP contribution in [0, 0.1) is 17.2 Å². The van der Waals surface area contributed by atoms with Crippen LogP contribution in [-0.4, -0.2) is 19.6 Å². The Morgan fingerprint density at radius 3 is 2.72 bits per heavy atom. The van der Waals surface area contributed by atoms with Crippen molar-refractivity contribution in [1.29, 1.82) is 5.26 Å². The number of ether oxygens (including phenoxy) is 3. The van der Waals surface area contributed by atoms with Gasteiger partial charge in [-0.15, -0.1) is 0 Å². The fourth-order valence-electron chi connectivity index (χ4n) is 1.35. The predicted molar refractivity (Wildman–Crippen MR) is 53.2 cm³/mol. The first-order chi connectivity index (χ1) is 8.50. The summed E-state index contributed by atoms with van der Waals surface area (Å²) in [7, 11) is 0. The quantitative estimate of drug-likeness (QED) is 0.836. The fraction of sp³-hybridized carbons (Fsp3) is 0.364. The van der Waals surface area contributed by atoms with E-state index in [-0.39, 0.29) is 12.5 Å². The van der Waals surface area contributed by atoms with E-state index in [0.29, 0.717) is 11.5 Å². The molecule has 0 fully saturated rings. The molecule has 0 radical (unpaired) electrons. The van der Waals surface area contributed by atoms with E-state index in [9.17, 15) is 13.2 Å². The first-order valence-corrected chi connectivity index (χ1v) is 4.99. The third kappa shape index (κ3) is 2.59. The topological polar surface area (TPSA) is 51.5 Å². The van der Waals surface area contributed by atoms with Crippen molar-refractivity contribution in [2.45, 2.75) is 6.18 Å². The van der Waals surface area contributed by atoms with Crippen LogP contribution in [0.5, 0.6) is 17.2 Å². The van der Waals surface area contributed by atoms with Crippen LogP contribution in [0.4, 0.5) is 13.2 Å². The number of alkyl halides is 3. The molecule has 1 unspecified atom stereocenters. The van der Waals surface area contributed by atoms with Gasteiger partial charge in [-0.2, -0.15) is 18.4 Å². The van der Waals surface area contributed by atoms with Gasteiger partial charge in [0.05, 0.1) is 6.07 Å². The Kier molecular flexibility index (Phi) is 3.19. The van der Waals surface area contributed by atoms with E-state index in [0.717, 1.165) is 6.07 Å². The van der Waals surface area contributed by atoms with Crippen LogP contribution in [0.2, 0.25) is 0 Å². The summed E-state index contributed by atoms with van der Waals surface area (Å²) in [5.74, 6) is -1.03. The molecule has 1 aliphatic rings. The van der Waals surface area contributed by atoms with Crippen LogP contribution >= 0.6 is 0 Å². The fourth-order valence-corrected chi connectivity index (χ4v) is 1.35. The number of hydrogen-bond acceptors (Lipinski definition) is 4. The molecule has 96 valence electrons. The average Bonchev–Trinajstić information content (AvgIpc) is 2.75. The zero-order chi connectivity index (χ0) is 13.2. The molecule has 1 atom stereocenters. The Morgan fingerprint density at radius 1 is 1.33 bits per heavy atom. The summed E-state index contributed by atoms with van der Waals surface area (Å²) in [6.45, 7) is -0.679. The molecule has 0 aliphatic carbocycles. The van der Waals surface area contributed by atoms with E-state index < -0.39 is 18.7 Å². The van der Waals surface area contributed by atoms with Crippen molar-refractivity contribution in [2.24, 2.45) is 5.92 Å². The van der Waals surface area contributed by atoms with E-state index in [1.54, 1.807) is 0 Å². The lowest BCUT2D eigenvalue weighted by atomic mass is 10.2. The molecule has 0 N–H and O–H groups in total. The van der Waals surface area contributed by atoms with Crippen LogP contribution in [0.15, 0.2) is 18.2 Å². The second-order valence-electron chi connectivity index (χ2n) is 3.55. The van der Waals surface area contributed by atoms with E-state index in [1.165, 1.54) is 18.2 Å². The minimum atomic E-state index is -4.59. The lowest BCUT2D eigenvalue weighted by Gasteiger charge is -2.14. The van der Waals surface area contributed by atoms with Crippen LogP contribution in [-0.2, 0) is 0 Å². The van der Waals surface area contributed by atoms with Crippen LogP contribution in [0.1, 0.15) is 0 Å². The Morgan fingerprint density at radius 2 is 2.06 bits per heavy atom. The first kappa shape index (κ1) is 12.4. The number of fused-ring (bicyclic) bond motifs is 1. The Hall–Kier alpha value is -2.10. The second-order valence-corrected chi connectivity index (χ2v) is 3.55. The van der Waals surface area contributed by atoms with Crippen molar-refractivity contribution in [2.75, 3.05) is 13.4 Å². The lowest BCUT2D eigenvalue weighted by molar-refractivity contribution is -0.165. The van der Waals surface area contributed by atoms with Gasteiger partial charge in [-0.1, -0.05) is 0 Å². The Balaban J connectivity index is 2.00. The SMILES string of the molecule is N#CC(COc1ccc2c(c1)OCO2)C(F)(F)F. The van der Waals surface area contributed by atoms with Crippen molar-refractivity contribution >= 4 is 0 Å². The minimum Gasteiger partial charge on any atom is -0.492 e. The molecule has 0 spiro atoms. The van der Waals surface area contributed by atoms with Gasteiger partial charge in [0.2, 0.25) is 6.79 Å². The van der Waals surface area contributed by atoms with Gasteiger partial charge in [0.25, 0.3) is 0 Å². The molecular formula is C11H8F3NO3. The molecule has 4 nitrogen and oxygen atoms in total. The largest absolute Gasteiger partial charge is 0.492 e. The normalized spacial score (nSPS) is 15.0. The highest BCUT2D eigenvalue weighted by Gasteiger charge is 2.40. The Bertz CT molecular complexity index is 481. The number of nitrogens with zero attached hydrogens (tertiary/aromatic N) is 1. The lowest BCUT2D eigenvalue weighted by Crippen LogP contribution is -2.27. The van der Waals surface area contributed by atoms with E-state index >= 15 is 0 Å². The standard InChI is InChI=1S/C11H8F3NO3/c12-11(13,14)7(4-15)5-16-8-1-2-9-10(3-8)18-6-17-9/h1-3,7H,5-6H2. The molecule has 0 saturated carbocycles. The number of nitriles is 1. The van der Waals surface area contributed by atoms with Gasteiger partial charge in [-0.3, -0.25) is 0 Å². The van der Waals surface area contributed by atoms with Gasteiger partial charge < -0.3 is 14.2 Å². The molecule has 18 heavy (non-hydrogen) atoms. The molecule has 0 aromatic heterocycles. The molecule has 0 saturated heterocycles. The van der Waals surface area contributed by atoms with Crippen molar-refractivity contribution in [3.63, 3.8) is 0 Å². The monoisotopic (exact) mass is 259 g/mol. The smallest absolute Gasteiger partial charge is 0.407 e. The molecule has 0 bridgehead atoms. The van der Waals surface area contributed by atoms with Crippen LogP contribution in [0.3, 0.4) is 0 Å². The molecule has 2 rings (SSSR count). The number of hydrogen-bond donors (Lipinski definition) is 0. The average molecular weight is 259 g/mol. The molecule has 1 aliphatic heterocycles. The van der Waals surface area contributed by atoms with E-state index in [1.807, 2.05) is 0 Å². The Labute approximate surface area is 100 Å². The molecule has 1 heterocycles. The highest BCUT2D eigenvalue weighted by atomic mass is 19.4. The second kappa shape index (κ2) is 4.64. The van der Waals surface area contributed by atoms with Gasteiger partial charge in [-0.05, 0) is 12.1 Å². The summed E-state index contributed by atoms with van der Waals surface area (Å²) in [6, 6.07) is 5.57. The number of rotatable bonds is 3. The molecule has 7 heteroatoms. The van der Waals surface area contributed by atoms with Crippen LogP contribution in [0.25, 0.3) is 0 Å². The zero-order valence-electron chi connectivity index (χ0n) is 9.03. The van der Waals surface area contributed by atoms with Crippen LogP contribution < -0.4 is 14.2 Å². The van der Waals surface area contributed by atoms with E-state index in [4.69, 9.17) is 19.5 Å². The predicted octanol–water partition coefficient (Wildman–Crippen LogP) is 2.50. The minimum absolute atomic E-state index is 0.0716. The van der Waals surface area contributed by atoms with Gasteiger partial charge in [0.1, 0.15) is 12.4 Å². The molecule has 1 aromatic carbocycles. The summed E-state index contributed by atoms with van der Waals surface area (Å²) in [6.07, 6.45) is -4.59. The van der Waals surface area contributed by atoms with Crippen molar-refractivity contribution < 1.29 is 27.4 Å². The number of benzene rings is 1. The number of halogens is 3. The zero-order valence-corrected chi connectivity index (χ0v) is 9.03. The summed E-state index contributed by atoms with van der Waals surface area (Å²) in [5.41, 5.74) is 0.